The van der Waals surface area contributed by atoms with Crippen LogP contribution in [-0.4, -0.2) is 12.6 Å². The van der Waals surface area contributed by atoms with Crippen molar-refractivity contribution in [2.24, 2.45) is 5.92 Å². The van der Waals surface area contributed by atoms with E-state index in [1.54, 1.807) is 0 Å². The summed E-state index contributed by atoms with van der Waals surface area (Å²) in [5.41, 5.74) is 0. The molecule has 0 bridgehead atoms. The Hall–Kier alpha value is -0.0400. The summed E-state index contributed by atoms with van der Waals surface area (Å²) in [6.07, 6.45) is 9.58. The maximum atomic E-state index is 3.71. The summed E-state index contributed by atoms with van der Waals surface area (Å²) < 4.78 is 0. The topological polar surface area (TPSA) is 12.0 Å². The van der Waals surface area contributed by atoms with Crippen molar-refractivity contribution in [3.8, 4) is 0 Å². The first kappa shape index (κ1) is 15.0. The highest BCUT2D eigenvalue weighted by atomic mass is 14.9. The summed E-state index contributed by atoms with van der Waals surface area (Å²) in [5, 5.41) is 3.71. The van der Waals surface area contributed by atoms with Crippen LogP contribution in [-0.2, 0) is 0 Å². The highest BCUT2D eigenvalue weighted by molar-refractivity contribution is 4.67. The van der Waals surface area contributed by atoms with Crippen molar-refractivity contribution in [2.45, 2.75) is 78.7 Å². The number of hydrogen-bond donors (Lipinski definition) is 1. The molecule has 0 aromatic rings. The van der Waals surface area contributed by atoms with Crippen molar-refractivity contribution < 1.29 is 0 Å². The van der Waals surface area contributed by atoms with Gasteiger partial charge in [0.15, 0.2) is 0 Å². The van der Waals surface area contributed by atoms with Gasteiger partial charge in [0.25, 0.3) is 0 Å². The van der Waals surface area contributed by atoms with Gasteiger partial charge in [-0.1, -0.05) is 59.8 Å². The van der Waals surface area contributed by atoms with Gasteiger partial charge in [-0.05, 0) is 25.3 Å². The lowest BCUT2D eigenvalue weighted by molar-refractivity contribution is 0.399. The molecule has 0 radical (unpaired) electrons. The van der Waals surface area contributed by atoms with Crippen LogP contribution in [0.5, 0.6) is 0 Å². The Labute approximate surface area is 97.0 Å². The second-order valence-electron chi connectivity index (χ2n) is 5.14. The minimum absolute atomic E-state index is 0.777. The maximum Gasteiger partial charge on any atom is 0.00671 e. The molecule has 0 aromatic heterocycles. The fourth-order valence-corrected chi connectivity index (χ4v) is 1.84. The van der Waals surface area contributed by atoms with Crippen LogP contribution in [0.2, 0.25) is 0 Å². The lowest BCUT2D eigenvalue weighted by Gasteiger charge is -2.19. The fourth-order valence-electron chi connectivity index (χ4n) is 1.84. The Kier molecular flexibility index (Phi) is 10.4. The molecule has 1 N–H and O–H groups in total. The van der Waals surface area contributed by atoms with Crippen LogP contribution in [0.25, 0.3) is 0 Å². The molecule has 0 aliphatic heterocycles. The van der Waals surface area contributed by atoms with E-state index in [-0.39, 0.29) is 0 Å². The maximum absolute atomic E-state index is 3.71. The molecule has 0 aromatic carbocycles. The molecular formula is C14H31N. The predicted octanol–water partition coefficient (Wildman–Crippen LogP) is 4.37. The van der Waals surface area contributed by atoms with Gasteiger partial charge in [-0.2, -0.15) is 0 Å². The summed E-state index contributed by atoms with van der Waals surface area (Å²) in [7, 11) is 0. The van der Waals surface area contributed by atoms with Crippen LogP contribution in [0.15, 0.2) is 0 Å². The van der Waals surface area contributed by atoms with Crippen molar-refractivity contribution in [1.82, 2.24) is 5.32 Å². The normalized spacial score (nSPS) is 13.4. The van der Waals surface area contributed by atoms with Gasteiger partial charge >= 0.3 is 0 Å². The van der Waals surface area contributed by atoms with Crippen LogP contribution >= 0.6 is 0 Å². The quantitative estimate of drug-likeness (QED) is 0.531. The standard InChI is InChI=1S/C14H31N/c1-5-7-9-11-14(10-8-6-2)15-12-13(3)4/h13-15H,5-12H2,1-4H3. The van der Waals surface area contributed by atoms with E-state index < -0.39 is 0 Å². The molecule has 92 valence electrons. The molecule has 0 saturated carbocycles. The zero-order chi connectivity index (χ0) is 11.5. The van der Waals surface area contributed by atoms with Crippen LogP contribution < -0.4 is 5.32 Å². The summed E-state index contributed by atoms with van der Waals surface area (Å²) in [6.45, 7) is 10.3. The lowest BCUT2D eigenvalue weighted by Crippen LogP contribution is -2.32. The molecule has 0 fully saturated rings. The van der Waals surface area contributed by atoms with Crippen LogP contribution in [0.3, 0.4) is 0 Å². The van der Waals surface area contributed by atoms with E-state index in [9.17, 15) is 0 Å². The van der Waals surface area contributed by atoms with E-state index in [2.05, 4.69) is 33.0 Å². The van der Waals surface area contributed by atoms with E-state index in [1.807, 2.05) is 0 Å². The molecule has 1 atom stereocenters. The summed E-state index contributed by atoms with van der Waals surface area (Å²) in [6, 6.07) is 0.777. The predicted molar refractivity (Wildman–Crippen MR) is 70.3 cm³/mol. The zero-order valence-electron chi connectivity index (χ0n) is 11.3. The SMILES string of the molecule is CCCCCC(CCCC)NCC(C)C. The van der Waals surface area contributed by atoms with Gasteiger partial charge < -0.3 is 5.32 Å². The third kappa shape index (κ3) is 10.2. The molecule has 0 aliphatic rings. The largest absolute Gasteiger partial charge is 0.314 e. The molecule has 0 amide bonds. The minimum Gasteiger partial charge on any atom is -0.314 e. The Morgan fingerprint density at radius 2 is 1.47 bits per heavy atom. The van der Waals surface area contributed by atoms with Crippen molar-refractivity contribution in [3.05, 3.63) is 0 Å². The van der Waals surface area contributed by atoms with Gasteiger partial charge in [-0.25, -0.2) is 0 Å². The molecular weight excluding hydrogens is 182 g/mol. The van der Waals surface area contributed by atoms with Gasteiger partial charge in [0.2, 0.25) is 0 Å². The third-order valence-electron chi connectivity index (χ3n) is 2.88. The third-order valence-corrected chi connectivity index (χ3v) is 2.88. The van der Waals surface area contributed by atoms with Crippen molar-refractivity contribution in [3.63, 3.8) is 0 Å². The lowest BCUT2D eigenvalue weighted by atomic mass is 10.0. The smallest absolute Gasteiger partial charge is 0.00671 e. The zero-order valence-corrected chi connectivity index (χ0v) is 11.3. The Balaban J connectivity index is 3.63. The first-order chi connectivity index (χ1) is 7.20. The van der Waals surface area contributed by atoms with Crippen LogP contribution in [0.4, 0.5) is 0 Å². The molecule has 15 heavy (non-hydrogen) atoms. The number of nitrogens with one attached hydrogen (secondary N) is 1. The molecule has 0 saturated heterocycles. The highest BCUT2D eigenvalue weighted by Gasteiger charge is 2.07. The Morgan fingerprint density at radius 3 is 2.00 bits per heavy atom. The second-order valence-corrected chi connectivity index (χ2v) is 5.14. The van der Waals surface area contributed by atoms with Gasteiger partial charge in [0, 0.05) is 6.04 Å². The van der Waals surface area contributed by atoms with Gasteiger partial charge in [-0.3, -0.25) is 0 Å². The van der Waals surface area contributed by atoms with Gasteiger partial charge in [0.05, 0.1) is 0 Å². The Morgan fingerprint density at radius 1 is 0.867 bits per heavy atom. The summed E-state index contributed by atoms with van der Waals surface area (Å²) in [4.78, 5) is 0. The van der Waals surface area contributed by atoms with E-state index in [0.717, 1.165) is 12.0 Å². The molecule has 0 spiro atoms. The van der Waals surface area contributed by atoms with Crippen LogP contribution in [0, 0.1) is 5.92 Å². The average Bonchev–Trinajstić information content (AvgIpc) is 2.21. The highest BCUT2D eigenvalue weighted by Crippen LogP contribution is 2.10. The van der Waals surface area contributed by atoms with E-state index >= 15 is 0 Å². The first-order valence-corrected chi connectivity index (χ1v) is 6.94. The van der Waals surface area contributed by atoms with Crippen molar-refractivity contribution >= 4 is 0 Å². The van der Waals surface area contributed by atoms with E-state index in [0.29, 0.717) is 0 Å². The van der Waals surface area contributed by atoms with Gasteiger partial charge in [-0.15, -0.1) is 0 Å². The minimum atomic E-state index is 0.777. The molecule has 0 rings (SSSR count). The van der Waals surface area contributed by atoms with Crippen molar-refractivity contribution in [2.75, 3.05) is 6.54 Å². The number of rotatable bonds is 10. The Bertz CT molecular complexity index is 121. The van der Waals surface area contributed by atoms with Crippen LogP contribution in [0.1, 0.15) is 72.6 Å². The van der Waals surface area contributed by atoms with Gasteiger partial charge in [0.1, 0.15) is 0 Å². The number of hydrogen-bond acceptors (Lipinski definition) is 1. The van der Waals surface area contributed by atoms with E-state index in [4.69, 9.17) is 0 Å². The monoisotopic (exact) mass is 213 g/mol. The summed E-state index contributed by atoms with van der Waals surface area (Å²) in [5.74, 6) is 0.778. The summed E-state index contributed by atoms with van der Waals surface area (Å²) >= 11 is 0. The molecule has 0 aliphatic carbocycles. The second kappa shape index (κ2) is 10.5. The van der Waals surface area contributed by atoms with E-state index in [1.165, 1.54) is 51.5 Å². The molecule has 1 unspecified atom stereocenters. The first-order valence-electron chi connectivity index (χ1n) is 6.94. The fraction of sp³-hybridized carbons (Fsp3) is 1.00. The average molecular weight is 213 g/mol. The molecule has 1 nitrogen and oxygen atoms in total. The van der Waals surface area contributed by atoms with Crippen molar-refractivity contribution in [1.29, 1.82) is 0 Å². The molecule has 1 heteroatoms. The molecule has 0 heterocycles. The number of unbranched alkanes of at least 4 members (excludes halogenated alkanes) is 3.